The molecule has 2 aliphatic heterocycles. The molecule has 6 heteroatoms. The summed E-state index contributed by atoms with van der Waals surface area (Å²) in [5, 5.41) is 21.8. The van der Waals surface area contributed by atoms with Crippen LogP contribution in [0.3, 0.4) is 0 Å². The van der Waals surface area contributed by atoms with Crippen LogP contribution in [-0.4, -0.2) is 52.1 Å². The quantitative estimate of drug-likeness (QED) is 0.441. The normalized spacial score (nSPS) is 30.9. The Morgan fingerprint density at radius 1 is 1.33 bits per heavy atom. The van der Waals surface area contributed by atoms with Gasteiger partial charge in [0, 0.05) is 6.54 Å². The maximum Gasteiger partial charge on any atom is 0.475 e. The van der Waals surface area contributed by atoms with Crippen molar-refractivity contribution in [3.8, 4) is 0 Å². The second-order valence-electron chi connectivity index (χ2n) is 4.30. The number of nitrogens with one attached hydrogen (secondary N) is 1. The van der Waals surface area contributed by atoms with Crippen molar-refractivity contribution >= 4 is 24.3 Å². The van der Waals surface area contributed by atoms with Crippen LogP contribution >= 0.6 is 12.2 Å². The van der Waals surface area contributed by atoms with Crippen LogP contribution in [-0.2, 0) is 0 Å². The lowest BCUT2D eigenvalue weighted by Gasteiger charge is -2.29. The molecule has 15 heavy (non-hydrogen) atoms. The average Bonchev–Trinajstić information content (AvgIpc) is 2.88. The molecule has 2 heterocycles. The highest BCUT2D eigenvalue weighted by molar-refractivity contribution is 7.80. The second kappa shape index (κ2) is 4.78. The van der Waals surface area contributed by atoms with Crippen LogP contribution in [0.4, 0.5) is 0 Å². The van der Waals surface area contributed by atoms with Gasteiger partial charge in [-0.1, -0.05) is 12.2 Å². The molecule has 0 aromatic rings. The molecule has 0 spiro atoms. The third kappa shape index (κ3) is 2.33. The molecular weight excluding hydrogens is 211 g/mol. The van der Waals surface area contributed by atoms with Gasteiger partial charge < -0.3 is 20.3 Å². The molecule has 3 N–H and O–H groups in total. The number of hydrogen-bond donors (Lipinski definition) is 3. The first-order valence-corrected chi connectivity index (χ1v) is 6.01. The van der Waals surface area contributed by atoms with Crippen molar-refractivity contribution < 1.29 is 10.0 Å². The van der Waals surface area contributed by atoms with Crippen molar-refractivity contribution in [1.29, 1.82) is 0 Å². The van der Waals surface area contributed by atoms with Crippen molar-refractivity contribution in [2.24, 2.45) is 0 Å². The van der Waals surface area contributed by atoms with E-state index in [1.165, 1.54) is 0 Å². The van der Waals surface area contributed by atoms with Gasteiger partial charge in [0.1, 0.15) is 0 Å². The molecular formula is C9H17BN2O2S. The summed E-state index contributed by atoms with van der Waals surface area (Å²) in [6.45, 7) is 1.88. The van der Waals surface area contributed by atoms with E-state index < -0.39 is 7.12 Å². The third-order valence-corrected chi connectivity index (χ3v) is 3.80. The number of likely N-dealkylation sites (tertiary alicyclic amines) is 1. The highest BCUT2D eigenvalue weighted by Crippen LogP contribution is 2.22. The van der Waals surface area contributed by atoms with E-state index in [0.717, 1.165) is 43.8 Å². The molecule has 0 bridgehead atoms. The van der Waals surface area contributed by atoms with E-state index >= 15 is 0 Å². The van der Waals surface area contributed by atoms with Crippen molar-refractivity contribution in [3.05, 3.63) is 0 Å². The van der Waals surface area contributed by atoms with Crippen LogP contribution in [0.1, 0.15) is 25.7 Å². The van der Waals surface area contributed by atoms with Crippen LogP contribution in [0.25, 0.3) is 0 Å². The molecule has 2 saturated heterocycles. The summed E-state index contributed by atoms with van der Waals surface area (Å²) in [6, 6.07) is 0.263. The molecule has 84 valence electrons. The van der Waals surface area contributed by atoms with E-state index in [0.29, 0.717) is 0 Å². The molecule has 0 amide bonds. The molecule has 2 rings (SSSR count). The Morgan fingerprint density at radius 3 is 2.73 bits per heavy atom. The second-order valence-corrected chi connectivity index (χ2v) is 4.72. The van der Waals surface area contributed by atoms with Crippen molar-refractivity contribution in [1.82, 2.24) is 10.2 Å². The van der Waals surface area contributed by atoms with Crippen molar-refractivity contribution in [3.63, 3.8) is 0 Å². The van der Waals surface area contributed by atoms with Gasteiger partial charge in [0.25, 0.3) is 0 Å². The van der Waals surface area contributed by atoms with E-state index in [9.17, 15) is 10.0 Å². The Kier molecular flexibility index (Phi) is 3.61. The minimum Gasteiger partial charge on any atom is -0.426 e. The van der Waals surface area contributed by atoms with Gasteiger partial charge in [-0.15, -0.1) is 0 Å². The Hall–Kier alpha value is -0.165. The average molecular weight is 228 g/mol. The van der Waals surface area contributed by atoms with E-state index in [4.69, 9.17) is 12.2 Å². The smallest absolute Gasteiger partial charge is 0.426 e. The molecule has 2 fully saturated rings. The molecule has 2 atom stereocenters. The molecule has 0 aliphatic carbocycles. The Labute approximate surface area is 95.8 Å². The van der Waals surface area contributed by atoms with Gasteiger partial charge >= 0.3 is 7.12 Å². The monoisotopic (exact) mass is 228 g/mol. The summed E-state index contributed by atoms with van der Waals surface area (Å²) < 4.78 is 0. The fourth-order valence-corrected chi connectivity index (χ4v) is 2.90. The predicted octanol–water partition coefficient (Wildman–Crippen LogP) is -0.458. The summed E-state index contributed by atoms with van der Waals surface area (Å²) in [4.78, 5) is 2.85. The zero-order chi connectivity index (χ0) is 10.8. The maximum absolute atomic E-state index is 9.25. The summed E-state index contributed by atoms with van der Waals surface area (Å²) >= 11 is 5.41. The molecule has 2 aliphatic rings. The largest absolute Gasteiger partial charge is 0.475 e. The molecule has 4 nitrogen and oxygen atoms in total. The topological polar surface area (TPSA) is 55.7 Å². The first-order valence-electron chi connectivity index (χ1n) is 5.60. The fourth-order valence-electron chi connectivity index (χ4n) is 2.47. The molecule has 0 unspecified atom stereocenters. The van der Waals surface area contributed by atoms with Crippen molar-refractivity contribution in [2.75, 3.05) is 13.1 Å². The van der Waals surface area contributed by atoms with Crippen LogP contribution < -0.4 is 5.32 Å². The third-order valence-electron chi connectivity index (χ3n) is 3.28. The Morgan fingerprint density at radius 2 is 2.13 bits per heavy atom. The lowest BCUT2D eigenvalue weighted by atomic mass is 9.78. The summed E-state index contributed by atoms with van der Waals surface area (Å²) in [7, 11) is -1.27. The first kappa shape index (κ1) is 11.3. The van der Waals surface area contributed by atoms with E-state index in [2.05, 4.69) is 5.32 Å². The van der Waals surface area contributed by atoms with E-state index in [1.54, 1.807) is 0 Å². The Balaban J connectivity index is 1.99. The fraction of sp³-hybridized carbons (Fsp3) is 0.889. The number of nitrogens with zero attached hydrogens (tertiary/aromatic N) is 1. The van der Waals surface area contributed by atoms with Gasteiger partial charge in [-0.2, -0.15) is 0 Å². The first-order chi connectivity index (χ1) is 7.20. The molecule has 0 aromatic heterocycles. The van der Waals surface area contributed by atoms with Crippen LogP contribution in [0.15, 0.2) is 0 Å². The van der Waals surface area contributed by atoms with Gasteiger partial charge in [-0.3, -0.25) is 0 Å². The molecule has 0 saturated carbocycles. The Bertz CT molecular complexity index is 246. The summed E-state index contributed by atoms with van der Waals surface area (Å²) in [5.41, 5.74) is 0. The lowest BCUT2D eigenvalue weighted by Crippen LogP contribution is -2.50. The van der Waals surface area contributed by atoms with Gasteiger partial charge in [0.15, 0.2) is 0 Å². The number of rotatable bonds is 2. The van der Waals surface area contributed by atoms with E-state index in [-0.39, 0.29) is 12.0 Å². The lowest BCUT2D eigenvalue weighted by molar-refractivity contribution is 0.332. The minimum atomic E-state index is -1.27. The number of thiocarbonyl (C=S) groups is 1. The zero-order valence-corrected chi connectivity index (χ0v) is 9.54. The zero-order valence-electron chi connectivity index (χ0n) is 8.72. The van der Waals surface area contributed by atoms with Gasteiger partial charge in [-0.05, 0) is 32.2 Å². The standard InChI is InChI=1S/C9H17BN2O2S/c13-10(14)8-4-2-6-12(8)9(15)7-3-1-5-11-7/h7-8,11,13-14H,1-6H2/t7-,8-/m0/s1. The summed E-state index contributed by atoms with van der Waals surface area (Å²) in [5.74, 6) is -0.195. The van der Waals surface area contributed by atoms with Gasteiger partial charge in [-0.25, -0.2) is 0 Å². The van der Waals surface area contributed by atoms with Crippen LogP contribution in [0.5, 0.6) is 0 Å². The maximum atomic E-state index is 9.25. The minimum absolute atomic E-state index is 0.195. The van der Waals surface area contributed by atoms with Crippen LogP contribution in [0, 0.1) is 0 Å². The molecule has 0 radical (unpaired) electrons. The van der Waals surface area contributed by atoms with E-state index in [1.807, 2.05) is 4.90 Å². The highest BCUT2D eigenvalue weighted by Gasteiger charge is 2.37. The predicted molar refractivity (Wildman–Crippen MR) is 63.5 cm³/mol. The number of hydrogen-bond acceptors (Lipinski definition) is 4. The SMILES string of the molecule is OB(O)[C@@H]1CCCN1C(=S)[C@@H]1CCCN1. The summed E-state index contributed by atoms with van der Waals surface area (Å²) in [6.07, 6.45) is 4.05. The highest BCUT2D eigenvalue weighted by atomic mass is 32.1. The van der Waals surface area contributed by atoms with Crippen LogP contribution in [0.2, 0.25) is 0 Å². The molecule has 0 aromatic carbocycles. The van der Waals surface area contributed by atoms with Crippen molar-refractivity contribution in [2.45, 2.75) is 37.7 Å². The van der Waals surface area contributed by atoms with Gasteiger partial charge in [0.2, 0.25) is 0 Å². The van der Waals surface area contributed by atoms with Gasteiger partial charge in [0.05, 0.1) is 17.0 Å².